The van der Waals surface area contributed by atoms with Crippen molar-refractivity contribution in [2.45, 2.75) is 38.8 Å². The molecule has 0 saturated carbocycles. The van der Waals surface area contributed by atoms with Crippen LogP contribution in [0.4, 0.5) is 0 Å². The van der Waals surface area contributed by atoms with Crippen molar-refractivity contribution >= 4 is 16.9 Å². The lowest BCUT2D eigenvalue weighted by atomic mass is 9.88. The summed E-state index contributed by atoms with van der Waals surface area (Å²) in [6, 6.07) is 12.3. The average Bonchev–Trinajstić information content (AvgIpc) is 3.01. The molecule has 0 unspecified atom stereocenters. The molecule has 1 amide bonds. The van der Waals surface area contributed by atoms with Gasteiger partial charge in [-0.15, -0.1) is 0 Å². The maximum Gasteiger partial charge on any atom is 0.240 e. The molecular formula is C22H23N3O3. The van der Waals surface area contributed by atoms with Crippen LogP contribution in [-0.2, 0) is 17.8 Å². The quantitative estimate of drug-likeness (QED) is 0.761. The number of carbonyl (C=O) groups excluding carboxylic acids is 1. The van der Waals surface area contributed by atoms with Crippen molar-refractivity contribution < 1.29 is 14.3 Å². The van der Waals surface area contributed by atoms with Gasteiger partial charge in [-0.25, -0.2) is 4.98 Å². The maximum atomic E-state index is 12.9. The number of aryl methyl sites for hydroxylation is 2. The van der Waals surface area contributed by atoms with Crippen LogP contribution in [0.5, 0.6) is 11.5 Å². The van der Waals surface area contributed by atoms with E-state index in [1.54, 1.807) is 0 Å². The van der Waals surface area contributed by atoms with Gasteiger partial charge < -0.3 is 19.4 Å². The van der Waals surface area contributed by atoms with Crippen LogP contribution in [-0.4, -0.2) is 28.7 Å². The molecular weight excluding hydrogens is 354 g/mol. The summed E-state index contributed by atoms with van der Waals surface area (Å²) in [6.45, 7) is 3.24. The van der Waals surface area contributed by atoms with Gasteiger partial charge in [0.1, 0.15) is 25.6 Å². The normalized spacial score (nSPS) is 18.0. The second kappa shape index (κ2) is 6.86. The van der Waals surface area contributed by atoms with Crippen molar-refractivity contribution in [3.05, 3.63) is 53.3 Å². The molecule has 2 aromatic carbocycles. The molecule has 6 nitrogen and oxygen atoms in total. The van der Waals surface area contributed by atoms with Gasteiger partial charge in [0.15, 0.2) is 11.5 Å². The monoisotopic (exact) mass is 377 g/mol. The van der Waals surface area contributed by atoms with Gasteiger partial charge in [-0.05, 0) is 37.3 Å². The van der Waals surface area contributed by atoms with Crippen LogP contribution in [0.1, 0.15) is 35.8 Å². The number of nitrogens with one attached hydrogen (secondary N) is 1. The van der Waals surface area contributed by atoms with E-state index in [9.17, 15) is 4.79 Å². The Labute approximate surface area is 163 Å². The van der Waals surface area contributed by atoms with Crippen LogP contribution >= 0.6 is 0 Å². The smallest absolute Gasteiger partial charge is 0.240 e. The molecule has 0 radical (unpaired) electrons. The SMILES string of the molecule is Cc1nc2cc3c(cc2n1CC(=O)N[C@H]1CCCc2ccccc21)OCCO3. The molecule has 0 spiro atoms. The Morgan fingerprint density at radius 2 is 2.00 bits per heavy atom. The van der Waals surface area contributed by atoms with E-state index in [2.05, 4.69) is 28.5 Å². The van der Waals surface area contributed by atoms with Gasteiger partial charge in [0.25, 0.3) is 0 Å². The number of benzene rings is 2. The first-order chi connectivity index (χ1) is 13.7. The number of carbonyl (C=O) groups is 1. The van der Waals surface area contributed by atoms with Crippen molar-refractivity contribution in [3.8, 4) is 11.5 Å². The fourth-order valence-electron chi connectivity index (χ4n) is 4.27. The van der Waals surface area contributed by atoms with Crippen molar-refractivity contribution in [2.24, 2.45) is 0 Å². The number of aromatic nitrogens is 2. The second-order valence-electron chi connectivity index (χ2n) is 7.44. The lowest BCUT2D eigenvalue weighted by molar-refractivity contribution is -0.122. The lowest BCUT2D eigenvalue weighted by Crippen LogP contribution is -2.33. The predicted octanol–water partition coefficient (Wildman–Crippen LogP) is 3.31. The Balaban J connectivity index is 1.40. The highest BCUT2D eigenvalue weighted by atomic mass is 16.6. The number of hydrogen-bond donors (Lipinski definition) is 1. The van der Waals surface area contributed by atoms with Crippen molar-refractivity contribution in [1.82, 2.24) is 14.9 Å². The first kappa shape index (κ1) is 17.1. The van der Waals surface area contributed by atoms with E-state index in [1.165, 1.54) is 11.1 Å². The van der Waals surface area contributed by atoms with Gasteiger partial charge in [-0.2, -0.15) is 0 Å². The largest absolute Gasteiger partial charge is 0.486 e. The third-order valence-electron chi connectivity index (χ3n) is 5.61. The third-order valence-corrected chi connectivity index (χ3v) is 5.61. The summed E-state index contributed by atoms with van der Waals surface area (Å²) in [6.07, 6.45) is 3.16. The zero-order valence-corrected chi connectivity index (χ0v) is 15.9. The highest BCUT2D eigenvalue weighted by Gasteiger charge is 2.23. The van der Waals surface area contributed by atoms with Crippen LogP contribution in [0.25, 0.3) is 11.0 Å². The van der Waals surface area contributed by atoms with Crippen LogP contribution in [0, 0.1) is 6.92 Å². The Hall–Kier alpha value is -3.02. The molecule has 0 saturated heterocycles. The number of hydrogen-bond acceptors (Lipinski definition) is 4. The molecule has 28 heavy (non-hydrogen) atoms. The fraction of sp³-hybridized carbons (Fsp3) is 0.364. The molecule has 2 heterocycles. The fourth-order valence-corrected chi connectivity index (χ4v) is 4.27. The Bertz CT molecular complexity index is 1060. The van der Waals surface area contributed by atoms with Crippen LogP contribution in [0.15, 0.2) is 36.4 Å². The standard InChI is InChI=1S/C22H23N3O3/c1-14-23-18-11-20-21(28-10-9-27-20)12-19(18)25(14)13-22(26)24-17-8-4-6-15-5-2-3-7-16(15)17/h2-3,5,7,11-12,17H,4,6,8-10,13H2,1H3,(H,24,26)/t17-/m0/s1. The Morgan fingerprint density at radius 1 is 1.21 bits per heavy atom. The first-order valence-corrected chi connectivity index (χ1v) is 9.83. The van der Waals surface area contributed by atoms with Crippen LogP contribution in [0.3, 0.4) is 0 Å². The molecule has 3 aromatic rings. The Kier molecular flexibility index (Phi) is 4.19. The van der Waals surface area contributed by atoms with Crippen LogP contribution in [0.2, 0.25) is 0 Å². The van der Waals surface area contributed by atoms with E-state index in [-0.39, 0.29) is 18.5 Å². The van der Waals surface area contributed by atoms with E-state index in [1.807, 2.05) is 29.7 Å². The molecule has 0 bridgehead atoms. The van der Waals surface area contributed by atoms with Gasteiger partial charge in [0.2, 0.25) is 5.91 Å². The van der Waals surface area contributed by atoms with Crippen molar-refractivity contribution in [1.29, 1.82) is 0 Å². The van der Waals surface area contributed by atoms with Gasteiger partial charge >= 0.3 is 0 Å². The van der Waals surface area contributed by atoms with E-state index in [0.717, 1.165) is 36.1 Å². The predicted molar refractivity (Wildman–Crippen MR) is 106 cm³/mol. The van der Waals surface area contributed by atoms with E-state index < -0.39 is 0 Å². The summed E-state index contributed by atoms with van der Waals surface area (Å²) < 4.78 is 13.3. The molecule has 1 atom stereocenters. The van der Waals surface area contributed by atoms with Crippen molar-refractivity contribution in [3.63, 3.8) is 0 Å². The summed E-state index contributed by atoms with van der Waals surface area (Å²) >= 11 is 0. The lowest BCUT2D eigenvalue weighted by Gasteiger charge is -2.26. The highest BCUT2D eigenvalue weighted by molar-refractivity contribution is 5.84. The van der Waals surface area contributed by atoms with Gasteiger partial charge in [0, 0.05) is 12.1 Å². The molecule has 144 valence electrons. The topological polar surface area (TPSA) is 65.4 Å². The molecule has 6 heteroatoms. The summed E-state index contributed by atoms with van der Waals surface area (Å²) in [5, 5.41) is 3.22. The van der Waals surface area contributed by atoms with Crippen LogP contribution < -0.4 is 14.8 Å². The summed E-state index contributed by atoms with van der Waals surface area (Å²) in [4.78, 5) is 17.5. The second-order valence-corrected chi connectivity index (χ2v) is 7.44. The zero-order valence-electron chi connectivity index (χ0n) is 15.9. The number of nitrogens with zero attached hydrogens (tertiary/aromatic N) is 2. The minimum Gasteiger partial charge on any atom is -0.486 e. The molecule has 0 fully saturated rings. The zero-order chi connectivity index (χ0) is 19.1. The van der Waals surface area contributed by atoms with Gasteiger partial charge in [0.05, 0.1) is 17.1 Å². The van der Waals surface area contributed by atoms with Crippen molar-refractivity contribution in [2.75, 3.05) is 13.2 Å². The number of ether oxygens (including phenoxy) is 2. The molecule has 2 aliphatic rings. The number of amides is 1. The maximum absolute atomic E-state index is 12.9. The summed E-state index contributed by atoms with van der Waals surface area (Å²) in [7, 11) is 0. The number of fused-ring (bicyclic) bond motifs is 3. The molecule has 1 N–H and O–H groups in total. The molecule has 1 aliphatic heterocycles. The first-order valence-electron chi connectivity index (χ1n) is 9.83. The highest BCUT2D eigenvalue weighted by Crippen LogP contribution is 2.35. The number of imidazole rings is 1. The molecule has 1 aromatic heterocycles. The number of rotatable bonds is 3. The minimum atomic E-state index is -0.000933. The average molecular weight is 377 g/mol. The van der Waals surface area contributed by atoms with E-state index in [0.29, 0.717) is 24.7 Å². The van der Waals surface area contributed by atoms with E-state index in [4.69, 9.17) is 9.47 Å². The Morgan fingerprint density at radius 3 is 2.86 bits per heavy atom. The molecule has 1 aliphatic carbocycles. The van der Waals surface area contributed by atoms with Gasteiger partial charge in [-0.3, -0.25) is 4.79 Å². The minimum absolute atomic E-state index is 0.000933. The summed E-state index contributed by atoms with van der Waals surface area (Å²) in [5.41, 5.74) is 4.29. The third kappa shape index (κ3) is 2.99. The van der Waals surface area contributed by atoms with Gasteiger partial charge in [-0.1, -0.05) is 24.3 Å². The molecule has 5 rings (SSSR count). The summed E-state index contributed by atoms with van der Waals surface area (Å²) in [5.74, 6) is 2.23. The van der Waals surface area contributed by atoms with E-state index >= 15 is 0 Å².